The number of hydrogen-bond donors (Lipinski definition) is 1. The first-order chi connectivity index (χ1) is 9.65. The fraction of sp³-hybridized carbons (Fsp3) is 0.571. The molecule has 0 unspecified atom stereocenters. The van der Waals surface area contributed by atoms with E-state index in [-0.39, 0.29) is 6.04 Å². The van der Waals surface area contributed by atoms with E-state index in [9.17, 15) is 0 Å². The van der Waals surface area contributed by atoms with Crippen LogP contribution >= 0.6 is 15.9 Å². The molecule has 0 bridgehead atoms. The van der Waals surface area contributed by atoms with E-state index >= 15 is 0 Å². The number of hydrogen-bond acceptors (Lipinski definition) is 4. The molecular weight excluding hydrogens is 320 g/mol. The Morgan fingerprint density at radius 2 is 2.40 bits per heavy atom. The zero-order chi connectivity index (χ0) is 14.1. The first-order valence-corrected chi connectivity index (χ1v) is 7.89. The van der Waals surface area contributed by atoms with Crippen molar-refractivity contribution in [2.45, 2.75) is 51.7 Å². The molecule has 0 amide bonds. The van der Waals surface area contributed by atoms with E-state index < -0.39 is 0 Å². The number of aromatic nitrogens is 3. The molecule has 0 aromatic carbocycles. The lowest BCUT2D eigenvalue weighted by atomic mass is 10.1. The number of rotatable bonds is 4. The van der Waals surface area contributed by atoms with Crippen LogP contribution in [0.25, 0.3) is 0 Å². The zero-order valence-corrected chi connectivity index (χ0v) is 13.4. The monoisotopic (exact) mass is 338 g/mol. The summed E-state index contributed by atoms with van der Waals surface area (Å²) in [5.74, 6) is 3.02. The van der Waals surface area contributed by atoms with Crippen LogP contribution in [-0.2, 0) is 19.4 Å². The van der Waals surface area contributed by atoms with Crippen LogP contribution in [0, 0.1) is 0 Å². The maximum absolute atomic E-state index is 5.60. The Bertz CT molecular complexity index is 592. The molecule has 108 valence electrons. The van der Waals surface area contributed by atoms with Crippen LogP contribution in [0.5, 0.6) is 0 Å². The number of fused-ring (bicyclic) bond motifs is 1. The summed E-state index contributed by atoms with van der Waals surface area (Å²) in [6.45, 7) is 5.10. The van der Waals surface area contributed by atoms with Gasteiger partial charge in [-0.05, 0) is 41.4 Å². The lowest BCUT2D eigenvalue weighted by molar-refractivity contribution is 0.312. The van der Waals surface area contributed by atoms with Gasteiger partial charge in [0.1, 0.15) is 11.6 Å². The molecule has 0 fully saturated rings. The Morgan fingerprint density at radius 1 is 1.55 bits per heavy atom. The van der Waals surface area contributed by atoms with Crippen molar-refractivity contribution in [1.82, 2.24) is 20.1 Å². The van der Waals surface area contributed by atoms with Gasteiger partial charge in [0.05, 0.1) is 12.6 Å². The Hall–Kier alpha value is -1.14. The normalized spacial score (nSPS) is 19.9. The van der Waals surface area contributed by atoms with Gasteiger partial charge in [-0.25, -0.2) is 9.67 Å². The maximum atomic E-state index is 5.60. The van der Waals surface area contributed by atoms with Crippen molar-refractivity contribution in [3.63, 3.8) is 0 Å². The highest BCUT2D eigenvalue weighted by molar-refractivity contribution is 9.10. The molecule has 20 heavy (non-hydrogen) atoms. The molecule has 0 radical (unpaired) electrons. The van der Waals surface area contributed by atoms with Crippen molar-refractivity contribution >= 4 is 15.9 Å². The average molecular weight is 339 g/mol. The smallest absolute Gasteiger partial charge is 0.169 e. The van der Waals surface area contributed by atoms with E-state index in [0.717, 1.165) is 47.9 Å². The summed E-state index contributed by atoms with van der Waals surface area (Å²) in [6.07, 6.45) is 2.97. The molecular formula is C14H19BrN4O. The number of halogens is 1. The van der Waals surface area contributed by atoms with E-state index in [1.807, 2.05) is 16.8 Å². The van der Waals surface area contributed by atoms with E-state index in [2.05, 4.69) is 45.2 Å². The van der Waals surface area contributed by atoms with Crippen LogP contribution in [0.15, 0.2) is 21.2 Å². The Kier molecular flexibility index (Phi) is 3.94. The van der Waals surface area contributed by atoms with Crippen LogP contribution < -0.4 is 5.32 Å². The highest BCUT2D eigenvalue weighted by atomic mass is 79.9. The summed E-state index contributed by atoms with van der Waals surface area (Å²) in [5.41, 5.74) is 0. The van der Waals surface area contributed by atoms with Crippen molar-refractivity contribution in [2.75, 3.05) is 0 Å². The molecule has 0 spiro atoms. The SMILES string of the molecule is CCc1nc2n(n1)C[C@H](N[C@@H](C)c1ccc(Br)o1)CC2. The quantitative estimate of drug-likeness (QED) is 0.931. The predicted molar refractivity (Wildman–Crippen MR) is 79.5 cm³/mol. The minimum atomic E-state index is 0.196. The largest absolute Gasteiger partial charge is 0.453 e. The van der Waals surface area contributed by atoms with Crippen LogP contribution in [-0.4, -0.2) is 20.8 Å². The standard InChI is InChI=1S/C14H19BrN4O/c1-3-13-17-14-7-4-10(8-19(14)18-13)16-9(2)11-5-6-12(15)20-11/h5-6,9-10,16H,3-4,7-8H2,1-2H3/t9-,10+/m0/s1. The molecule has 1 aliphatic rings. The summed E-state index contributed by atoms with van der Waals surface area (Å²) in [7, 11) is 0. The molecule has 2 aromatic rings. The topological polar surface area (TPSA) is 55.9 Å². The van der Waals surface area contributed by atoms with Crippen molar-refractivity contribution in [1.29, 1.82) is 0 Å². The molecule has 2 aromatic heterocycles. The van der Waals surface area contributed by atoms with Crippen molar-refractivity contribution < 1.29 is 4.42 Å². The summed E-state index contributed by atoms with van der Waals surface area (Å²) in [6, 6.07) is 4.53. The van der Waals surface area contributed by atoms with Crippen LogP contribution in [0.2, 0.25) is 0 Å². The molecule has 1 N–H and O–H groups in total. The van der Waals surface area contributed by atoms with Crippen LogP contribution in [0.1, 0.15) is 43.7 Å². The fourth-order valence-electron chi connectivity index (χ4n) is 2.64. The van der Waals surface area contributed by atoms with Gasteiger partial charge in [0, 0.05) is 18.9 Å². The summed E-state index contributed by atoms with van der Waals surface area (Å²) in [4.78, 5) is 4.54. The molecule has 1 aliphatic heterocycles. The number of aryl methyl sites for hydroxylation is 2. The predicted octanol–water partition coefficient (Wildman–Crippen LogP) is 2.86. The van der Waals surface area contributed by atoms with Gasteiger partial charge in [0.25, 0.3) is 0 Å². The molecule has 0 saturated heterocycles. The second-order valence-electron chi connectivity index (χ2n) is 5.25. The first kappa shape index (κ1) is 13.8. The van der Waals surface area contributed by atoms with E-state index in [0.29, 0.717) is 6.04 Å². The molecule has 6 heteroatoms. The highest BCUT2D eigenvalue weighted by Crippen LogP contribution is 2.22. The number of nitrogens with zero attached hydrogens (tertiary/aromatic N) is 3. The Balaban J connectivity index is 1.65. The van der Waals surface area contributed by atoms with Crippen molar-refractivity contribution in [3.05, 3.63) is 34.2 Å². The van der Waals surface area contributed by atoms with Gasteiger partial charge in [-0.3, -0.25) is 0 Å². The van der Waals surface area contributed by atoms with Gasteiger partial charge in [-0.1, -0.05) is 6.92 Å². The number of nitrogens with one attached hydrogen (secondary N) is 1. The van der Waals surface area contributed by atoms with Crippen molar-refractivity contribution in [2.24, 2.45) is 0 Å². The minimum absolute atomic E-state index is 0.196. The molecule has 2 atom stereocenters. The third-order valence-electron chi connectivity index (χ3n) is 3.72. The van der Waals surface area contributed by atoms with Gasteiger partial charge >= 0.3 is 0 Å². The minimum Gasteiger partial charge on any atom is -0.453 e. The second-order valence-corrected chi connectivity index (χ2v) is 6.03. The molecule has 3 heterocycles. The second kappa shape index (κ2) is 5.69. The van der Waals surface area contributed by atoms with Crippen LogP contribution in [0.4, 0.5) is 0 Å². The molecule has 3 rings (SSSR count). The Morgan fingerprint density at radius 3 is 3.10 bits per heavy atom. The summed E-state index contributed by atoms with van der Waals surface area (Å²) >= 11 is 3.34. The van der Waals surface area contributed by atoms with Gasteiger partial charge in [-0.15, -0.1) is 0 Å². The van der Waals surface area contributed by atoms with E-state index in [1.54, 1.807) is 0 Å². The van der Waals surface area contributed by atoms with Gasteiger partial charge in [0.2, 0.25) is 0 Å². The summed E-state index contributed by atoms with van der Waals surface area (Å²) < 4.78 is 8.42. The first-order valence-electron chi connectivity index (χ1n) is 7.09. The average Bonchev–Trinajstić information content (AvgIpc) is 3.03. The summed E-state index contributed by atoms with van der Waals surface area (Å²) in [5, 5.41) is 8.15. The van der Waals surface area contributed by atoms with Crippen LogP contribution in [0.3, 0.4) is 0 Å². The van der Waals surface area contributed by atoms with Crippen molar-refractivity contribution in [3.8, 4) is 0 Å². The highest BCUT2D eigenvalue weighted by Gasteiger charge is 2.23. The van der Waals surface area contributed by atoms with E-state index in [4.69, 9.17) is 4.42 Å². The van der Waals surface area contributed by atoms with Gasteiger partial charge in [-0.2, -0.15) is 5.10 Å². The third-order valence-corrected chi connectivity index (χ3v) is 4.15. The van der Waals surface area contributed by atoms with Gasteiger partial charge < -0.3 is 9.73 Å². The van der Waals surface area contributed by atoms with E-state index in [1.165, 1.54) is 0 Å². The maximum Gasteiger partial charge on any atom is 0.169 e. The number of furan rings is 1. The fourth-order valence-corrected chi connectivity index (χ4v) is 2.96. The lowest BCUT2D eigenvalue weighted by Crippen LogP contribution is -2.39. The third kappa shape index (κ3) is 2.81. The molecule has 0 aliphatic carbocycles. The lowest BCUT2D eigenvalue weighted by Gasteiger charge is -2.26. The molecule has 0 saturated carbocycles. The Labute approximate surface area is 126 Å². The molecule has 5 nitrogen and oxygen atoms in total. The van der Waals surface area contributed by atoms with Gasteiger partial charge in [0.15, 0.2) is 10.5 Å². The zero-order valence-electron chi connectivity index (χ0n) is 11.8.